The predicted molar refractivity (Wildman–Crippen MR) is 80.3 cm³/mol. The lowest BCUT2D eigenvalue weighted by Gasteiger charge is -2.42. The molecule has 2 heterocycles. The van der Waals surface area contributed by atoms with Crippen LogP contribution in [0.15, 0.2) is 23.9 Å². The first-order chi connectivity index (χ1) is 9.41. The first-order valence-corrected chi connectivity index (χ1v) is 7.42. The third-order valence-electron chi connectivity index (χ3n) is 4.35. The monoisotopic (exact) mass is 278 g/mol. The smallest absolute Gasteiger partial charge is 0.248 e. The highest BCUT2D eigenvalue weighted by atomic mass is 16.5. The van der Waals surface area contributed by atoms with E-state index < -0.39 is 5.54 Å². The van der Waals surface area contributed by atoms with Crippen molar-refractivity contribution >= 4 is 5.91 Å². The molecular weight excluding hydrogens is 252 g/mol. The van der Waals surface area contributed by atoms with Crippen LogP contribution in [-0.2, 0) is 9.53 Å². The fourth-order valence-corrected chi connectivity index (χ4v) is 3.45. The van der Waals surface area contributed by atoms with E-state index in [1.807, 2.05) is 18.7 Å². The van der Waals surface area contributed by atoms with Crippen LogP contribution in [-0.4, -0.2) is 53.6 Å². The van der Waals surface area contributed by atoms with Crippen molar-refractivity contribution < 1.29 is 9.53 Å². The van der Waals surface area contributed by atoms with Gasteiger partial charge in [-0.15, -0.1) is 0 Å². The van der Waals surface area contributed by atoms with Crippen molar-refractivity contribution in [3.8, 4) is 0 Å². The molecule has 2 aliphatic heterocycles. The van der Waals surface area contributed by atoms with Crippen molar-refractivity contribution in [1.29, 1.82) is 0 Å². The summed E-state index contributed by atoms with van der Waals surface area (Å²) >= 11 is 0. The highest BCUT2D eigenvalue weighted by molar-refractivity contribution is 5.88. The summed E-state index contributed by atoms with van der Waals surface area (Å²) in [6.45, 7) is 15.2. The maximum absolute atomic E-state index is 13.0. The molecule has 4 heteroatoms. The molecule has 0 aromatic heterocycles. The fourth-order valence-electron chi connectivity index (χ4n) is 3.45. The van der Waals surface area contributed by atoms with Crippen LogP contribution in [0.4, 0.5) is 0 Å². The Morgan fingerprint density at radius 3 is 2.50 bits per heavy atom. The first-order valence-electron chi connectivity index (χ1n) is 7.42. The molecule has 112 valence electrons. The molecule has 0 aromatic carbocycles. The summed E-state index contributed by atoms with van der Waals surface area (Å²) in [7, 11) is 0. The molecular formula is C16H26N2O2. The number of allylic oxidation sites excluding steroid dienone is 2. The third kappa shape index (κ3) is 2.37. The average molecular weight is 278 g/mol. The fraction of sp³-hybridized carbons (Fsp3) is 0.688. The number of morpholine rings is 1. The number of ether oxygens (including phenoxy) is 1. The van der Waals surface area contributed by atoms with Crippen LogP contribution in [0.2, 0.25) is 0 Å². The zero-order chi connectivity index (χ0) is 14.9. The van der Waals surface area contributed by atoms with Crippen molar-refractivity contribution in [2.75, 3.05) is 26.3 Å². The molecule has 0 bridgehead atoms. The summed E-state index contributed by atoms with van der Waals surface area (Å²) in [6.07, 6.45) is 2.83. The summed E-state index contributed by atoms with van der Waals surface area (Å²) in [5.41, 5.74) is 1.67. The minimum absolute atomic E-state index is 0.201. The number of rotatable bonds is 2. The average Bonchev–Trinajstić information content (AvgIpc) is 2.71. The van der Waals surface area contributed by atoms with Crippen molar-refractivity contribution in [2.45, 2.75) is 45.7 Å². The topological polar surface area (TPSA) is 32.8 Å². The zero-order valence-electron chi connectivity index (χ0n) is 13.1. The van der Waals surface area contributed by atoms with Crippen LogP contribution in [0.3, 0.4) is 0 Å². The van der Waals surface area contributed by atoms with Crippen LogP contribution in [0, 0.1) is 0 Å². The molecule has 0 saturated carbocycles. The van der Waals surface area contributed by atoms with E-state index in [9.17, 15) is 4.79 Å². The maximum Gasteiger partial charge on any atom is 0.248 e. The predicted octanol–water partition coefficient (Wildman–Crippen LogP) is 2.18. The van der Waals surface area contributed by atoms with Crippen LogP contribution >= 0.6 is 0 Å². The van der Waals surface area contributed by atoms with Crippen molar-refractivity contribution in [3.63, 3.8) is 0 Å². The molecule has 4 nitrogen and oxygen atoms in total. The molecule has 0 N–H and O–H groups in total. The van der Waals surface area contributed by atoms with Crippen LogP contribution < -0.4 is 0 Å². The van der Waals surface area contributed by atoms with E-state index in [0.29, 0.717) is 26.3 Å². The van der Waals surface area contributed by atoms with Crippen LogP contribution in [0.5, 0.6) is 0 Å². The minimum Gasteiger partial charge on any atom is -0.378 e. The maximum atomic E-state index is 13.0. The standard InChI is InChI=1S/C16H26N2O2/c1-6-14-11-16(5,18(12(2)3)13(14)4)15(19)17-7-9-20-10-8-17/h6,12H,4,7-11H2,1-3,5H3/b14-6-. The van der Waals surface area contributed by atoms with Crippen molar-refractivity contribution in [2.24, 2.45) is 0 Å². The molecule has 2 rings (SSSR count). The van der Waals surface area contributed by atoms with Gasteiger partial charge in [0.25, 0.3) is 0 Å². The molecule has 1 amide bonds. The van der Waals surface area contributed by atoms with Crippen molar-refractivity contribution in [1.82, 2.24) is 9.80 Å². The number of carbonyl (C=O) groups excluding carboxylic acids is 1. The quantitative estimate of drug-likeness (QED) is 0.776. The van der Waals surface area contributed by atoms with E-state index >= 15 is 0 Å². The number of likely N-dealkylation sites (tertiary alicyclic amines) is 1. The second kappa shape index (κ2) is 5.60. The summed E-state index contributed by atoms with van der Waals surface area (Å²) in [6, 6.07) is 0.259. The van der Waals surface area contributed by atoms with Crippen molar-refractivity contribution in [3.05, 3.63) is 23.9 Å². The Bertz CT molecular complexity index is 436. The summed E-state index contributed by atoms with van der Waals surface area (Å²) in [4.78, 5) is 17.1. The second-order valence-electron chi connectivity index (χ2n) is 6.08. The molecule has 0 radical (unpaired) electrons. The van der Waals surface area contributed by atoms with Gasteiger partial charge in [0.1, 0.15) is 5.54 Å². The van der Waals surface area contributed by atoms with E-state index in [0.717, 1.165) is 12.1 Å². The Labute approximate surface area is 122 Å². The molecule has 0 aromatic rings. The van der Waals surface area contributed by atoms with Gasteiger partial charge in [0.15, 0.2) is 0 Å². The van der Waals surface area contributed by atoms with Crippen LogP contribution in [0.25, 0.3) is 0 Å². The Kier molecular flexibility index (Phi) is 4.23. The lowest BCUT2D eigenvalue weighted by molar-refractivity contribution is -0.146. The lowest BCUT2D eigenvalue weighted by Crippen LogP contribution is -2.58. The number of nitrogens with zero attached hydrogens (tertiary/aromatic N) is 2. The van der Waals surface area contributed by atoms with E-state index in [2.05, 4.69) is 31.4 Å². The van der Waals surface area contributed by atoms with Gasteiger partial charge in [-0.25, -0.2) is 0 Å². The van der Waals surface area contributed by atoms with Gasteiger partial charge in [-0.05, 0) is 33.3 Å². The molecule has 0 spiro atoms. The van der Waals surface area contributed by atoms with Gasteiger partial charge in [-0.1, -0.05) is 12.7 Å². The summed E-state index contributed by atoms with van der Waals surface area (Å²) < 4.78 is 5.35. The number of hydrogen-bond acceptors (Lipinski definition) is 3. The Morgan fingerprint density at radius 2 is 2.00 bits per heavy atom. The Hall–Kier alpha value is -1.29. The first kappa shape index (κ1) is 15.1. The van der Waals surface area contributed by atoms with E-state index in [4.69, 9.17) is 4.74 Å². The number of carbonyl (C=O) groups is 1. The molecule has 2 aliphatic rings. The SMILES string of the molecule is C=C1/C(=C\C)CC(C)(C(=O)N2CCOCC2)N1C(C)C. The van der Waals surface area contributed by atoms with Gasteiger partial charge in [-0.2, -0.15) is 0 Å². The summed E-state index contributed by atoms with van der Waals surface area (Å²) in [5, 5.41) is 0. The Morgan fingerprint density at radius 1 is 1.40 bits per heavy atom. The normalized spacial score (nSPS) is 29.6. The Balaban J connectivity index is 2.30. The zero-order valence-corrected chi connectivity index (χ0v) is 13.1. The van der Waals surface area contributed by atoms with Gasteiger partial charge >= 0.3 is 0 Å². The third-order valence-corrected chi connectivity index (χ3v) is 4.35. The van der Waals surface area contributed by atoms with Gasteiger partial charge in [-0.3, -0.25) is 4.79 Å². The second-order valence-corrected chi connectivity index (χ2v) is 6.08. The van der Waals surface area contributed by atoms with Gasteiger partial charge in [0, 0.05) is 31.2 Å². The van der Waals surface area contributed by atoms with E-state index in [1.54, 1.807) is 0 Å². The molecule has 1 unspecified atom stereocenters. The van der Waals surface area contributed by atoms with Gasteiger partial charge in [0.05, 0.1) is 13.2 Å². The molecule has 1 atom stereocenters. The molecule has 2 fully saturated rings. The molecule has 2 saturated heterocycles. The highest BCUT2D eigenvalue weighted by Gasteiger charge is 2.49. The molecule has 20 heavy (non-hydrogen) atoms. The summed E-state index contributed by atoms with van der Waals surface area (Å²) in [5.74, 6) is 0.201. The number of hydrogen-bond donors (Lipinski definition) is 0. The van der Waals surface area contributed by atoms with E-state index in [-0.39, 0.29) is 11.9 Å². The largest absolute Gasteiger partial charge is 0.378 e. The highest BCUT2D eigenvalue weighted by Crippen LogP contribution is 2.42. The minimum atomic E-state index is -0.509. The lowest BCUT2D eigenvalue weighted by atomic mass is 9.94. The van der Waals surface area contributed by atoms with Gasteiger partial charge < -0.3 is 14.5 Å². The van der Waals surface area contributed by atoms with Crippen LogP contribution in [0.1, 0.15) is 34.1 Å². The van der Waals surface area contributed by atoms with E-state index in [1.165, 1.54) is 5.57 Å². The molecule has 0 aliphatic carbocycles. The number of amides is 1. The van der Waals surface area contributed by atoms with Gasteiger partial charge in [0.2, 0.25) is 5.91 Å².